The van der Waals surface area contributed by atoms with Crippen molar-refractivity contribution >= 4 is 5.97 Å². The first-order valence-corrected chi connectivity index (χ1v) is 13.1. The van der Waals surface area contributed by atoms with Crippen LogP contribution in [0.25, 0.3) is 0 Å². The monoisotopic (exact) mass is 436 g/mol. The van der Waals surface area contributed by atoms with Crippen molar-refractivity contribution in [2.24, 2.45) is 45.8 Å². The molecule has 0 aromatic carbocycles. The molecule has 0 aliphatic heterocycles. The van der Waals surface area contributed by atoms with Gasteiger partial charge in [0.25, 0.3) is 0 Å². The average Bonchev–Trinajstić information content (AvgIpc) is 2.57. The molecule has 31 heavy (non-hydrogen) atoms. The van der Waals surface area contributed by atoms with Gasteiger partial charge in [0, 0.05) is 0 Å². The summed E-state index contributed by atoms with van der Waals surface area (Å²) < 4.78 is 6.03. The number of hydrogen-bond acceptors (Lipinski definition) is 2. The predicted octanol–water partition coefficient (Wildman–Crippen LogP) is 8.92. The summed E-state index contributed by atoms with van der Waals surface area (Å²) in [4.78, 5) is 13.0. The Kier molecular flexibility index (Phi) is 10.6. The molecule has 0 N–H and O–H groups in total. The van der Waals surface area contributed by atoms with E-state index in [0.29, 0.717) is 41.1 Å². The van der Waals surface area contributed by atoms with Crippen LogP contribution in [0.4, 0.5) is 0 Å². The molecule has 5 atom stereocenters. The fourth-order valence-corrected chi connectivity index (χ4v) is 5.81. The van der Waals surface area contributed by atoms with Gasteiger partial charge in [-0.25, -0.2) is 0 Å². The highest BCUT2D eigenvalue weighted by molar-refractivity contribution is 5.72. The zero-order valence-electron chi connectivity index (χ0n) is 23.1. The summed E-state index contributed by atoms with van der Waals surface area (Å²) >= 11 is 0. The lowest BCUT2D eigenvalue weighted by Gasteiger charge is -2.37. The van der Waals surface area contributed by atoms with E-state index >= 15 is 0 Å². The van der Waals surface area contributed by atoms with Crippen LogP contribution in [-0.2, 0) is 9.53 Å². The maximum absolute atomic E-state index is 13.0. The van der Waals surface area contributed by atoms with Crippen LogP contribution in [0.1, 0.15) is 128 Å². The Morgan fingerprint density at radius 2 is 1.45 bits per heavy atom. The van der Waals surface area contributed by atoms with E-state index in [2.05, 4.69) is 76.2 Å². The van der Waals surface area contributed by atoms with E-state index in [1.165, 1.54) is 25.7 Å². The van der Waals surface area contributed by atoms with Gasteiger partial charge in [-0.3, -0.25) is 4.79 Å². The maximum atomic E-state index is 13.0. The third-order valence-corrected chi connectivity index (χ3v) is 7.40. The summed E-state index contributed by atoms with van der Waals surface area (Å²) in [6, 6.07) is 0. The van der Waals surface area contributed by atoms with Gasteiger partial charge in [0.2, 0.25) is 0 Å². The van der Waals surface area contributed by atoms with Crippen LogP contribution >= 0.6 is 0 Å². The Labute approximate surface area is 195 Å². The molecular weight excluding hydrogens is 380 g/mol. The molecule has 0 amide bonds. The summed E-state index contributed by atoms with van der Waals surface area (Å²) in [6.07, 6.45) is 9.26. The van der Waals surface area contributed by atoms with Crippen molar-refractivity contribution < 1.29 is 9.53 Å². The number of hydrogen-bond donors (Lipinski definition) is 0. The molecule has 1 rings (SSSR count). The van der Waals surface area contributed by atoms with E-state index in [1.54, 1.807) is 0 Å². The summed E-state index contributed by atoms with van der Waals surface area (Å²) in [6.45, 7) is 26.3. The molecule has 0 heterocycles. The summed E-state index contributed by atoms with van der Waals surface area (Å²) in [5, 5.41) is 0. The number of ether oxygens (including phenoxy) is 1. The third kappa shape index (κ3) is 11.8. The first-order valence-electron chi connectivity index (χ1n) is 13.1. The van der Waals surface area contributed by atoms with Crippen molar-refractivity contribution in [2.75, 3.05) is 6.61 Å². The molecule has 1 aliphatic carbocycles. The molecule has 1 saturated carbocycles. The molecule has 184 valence electrons. The van der Waals surface area contributed by atoms with Crippen LogP contribution in [0.15, 0.2) is 0 Å². The molecule has 1 aliphatic rings. The van der Waals surface area contributed by atoms with E-state index in [-0.39, 0.29) is 17.3 Å². The highest BCUT2D eigenvalue weighted by atomic mass is 16.5. The third-order valence-electron chi connectivity index (χ3n) is 7.40. The second kappa shape index (κ2) is 11.6. The Hall–Kier alpha value is -0.530. The van der Waals surface area contributed by atoms with Crippen molar-refractivity contribution in [3.8, 4) is 0 Å². The Bertz CT molecular complexity index is 528. The van der Waals surface area contributed by atoms with Crippen molar-refractivity contribution in [2.45, 2.75) is 128 Å². The van der Waals surface area contributed by atoms with Crippen molar-refractivity contribution in [3.63, 3.8) is 0 Å². The lowest BCUT2D eigenvalue weighted by Crippen LogP contribution is -2.32. The molecule has 0 bridgehead atoms. The van der Waals surface area contributed by atoms with E-state index in [4.69, 9.17) is 4.74 Å². The van der Waals surface area contributed by atoms with E-state index < -0.39 is 0 Å². The second-order valence-corrected chi connectivity index (χ2v) is 14.5. The standard InChI is InChI=1S/C29H56O2/c1-21(18-27(3,4)5)15-16-24(22(2)19-28(6,7)8)20-31-26(30)23-13-12-14-25(17-23)29(9,10)11/h21-25H,12-20H2,1-11H3. The van der Waals surface area contributed by atoms with E-state index in [0.717, 1.165) is 25.7 Å². The van der Waals surface area contributed by atoms with Crippen molar-refractivity contribution in [3.05, 3.63) is 0 Å². The lowest BCUT2D eigenvalue weighted by molar-refractivity contribution is -0.153. The molecule has 5 unspecified atom stereocenters. The Morgan fingerprint density at radius 3 is 1.97 bits per heavy atom. The summed E-state index contributed by atoms with van der Waals surface area (Å²) in [5.74, 6) is 2.57. The zero-order valence-corrected chi connectivity index (χ0v) is 23.1. The molecule has 0 spiro atoms. The molecule has 2 heteroatoms. The predicted molar refractivity (Wildman–Crippen MR) is 135 cm³/mol. The molecule has 2 nitrogen and oxygen atoms in total. The maximum Gasteiger partial charge on any atom is 0.308 e. The minimum absolute atomic E-state index is 0.0737. The normalized spacial score (nSPS) is 23.8. The minimum atomic E-state index is 0.0737. The fraction of sp³-hybridized carbons (Fsp3) is 0.966. The van der Waals surface area contributed by atoms with Gasteiger partial charge >= 0.3 is 5.97 Å². The lowest BCUT2D eigenvalue weighted by atomic mass is 9.69. The van der Waals surface area contributed by atoms with Crippen LogP contribution in [0.3, 0.4) is 0 Å². The van der Waals surface area contributed by atoms with E-state index in [1.807, 2.05) is 0 Å². The zero-order chi connectivity index (χ0) is 24.0. The molecular formula is C29H56O2. The molecule has 0 aromatic rings. The van der Waals surface area contributed by atoms with Gasteiger partial charge in [0.15, 0.2) is 0 Å². The Morgan fingerprint density at radius 1 is 0.871 bits per heavy atom. The first-order chi connectivity index (χ1) is 14.0. The largest absolute Gasteiger partial charge is 0.465 e. The first kappa shape index (κ1) is 28.5. The topological polar surface area (TPSA) is 26.3 Å². The summed E-state index contributed by atoms with van der Waals surface area (Å²) in [7, 11) is 0. The van der Waals surface area contributed by atoms with Crippen molar-refractivity contribution in [1.82, 2.24) is 0 Å². The van der Waals surface area contributed by atoms with Gasteiger partial charge in [0.05, 0.1) is 12.5 Å². The second-order valence-electron chi connectivity index (χ2n) is 14.5. The molecule has 1 fully saturated rings. The molecule has 0 saturated heterocycles. The molecule has 0 radical (unpaired) electrons. The van der Waals surface area contributed by atoms with Gasteiger partial charge in [-0.1, -0.05) is 89.0 Å². The van der Waals surface area contributed by atoms with E-state index in [9.17, 15) is 4.79 Å². The number of carbonyl (C=O) groups is 1. The van der Waals surface area contributed by atoms with Gasteiger partial charge in [0.1, 0.15) is 0 Å². The Balaban J connectivity index is 2.70. The van der Waals surface area contributed by atoms with Crippen LogP contribution in [0, 0.1) is 45.8 Å². The smallest absolute Gasteiger partial charge is 0.308 e. The van der Waals surface area contributed by atoms with Gasteiger partial charge < -0.3 is 4.74 Å². The number of rotatable bonds is 9. The van der Waals surface area contributed by atoms with Gasteiger partial charge in [-0.05, 0) is 78.4 Å². The number of carbonyl (C=O) groups excluding carboxylic acids is 1. The average molecular weight is 437 g/mol. The SMILES string of the molecule is CC(CCC(COC(=O)C1CCCC(C(C)(C)C)C1)C(C)CC(C)(C)C)CC(C)(C)C. The van der Waals surface area contributed by atoms with Crippen LogP contribution in [-0.4, -0.2) is 12.6 Å². The van der Waals surface area contributed by atoms with Crippen LogP contribution < -0.4 is 0 Å². The highest BCUT2D eigenvalue weighted by Gasteiger charge is 2.35. The molecule has 0 aromatic heterocycles. The van der Waals surface area contributed by atoms with Crippen LogP contribution in [0.5, 0.6) is 0 Å². The fourth-order valence-electron chi connectivity index (χ4n) is 5.81. The minimum Gasteiger partial charge on any atom is -0.465 e. The quantitative estimate of drug-likeness (QED) is 0.337. The van der Waals surface area contributed by atoms with Crippen molar-refractivity contribution in [1.29, 1.82) is 0 Å². The van der Waals surface area contributed by atoms with Gasteiger partial charge in [-0.15, -0.1) is 0 Å². The van der Waals surface area contributed by atoms with Gasteiger partial charge in [-0.2, -0.15) is 0 Å². The highest BCUT2D eigenvalue weighted by Crippen LogP contribution is 2.41. The number of esters is 1. The van der Waals surface area contributed by atoms with Crippen LogP contribution in [0.2, 0.25) is 0 Å². The summed E-state index contributed by atoms with van der Waals surface area (Å²) in [5.41, 5.74) is 0.969.